The Morgan fingerprint density at radius 2 is 1.85 bits per heavy atom. The maximum atomic E-state index is 12.3. The second-order valence-electron chi connectivity index (χ2n) is 7.72. The number of hydrogen-bond donors (Lipinski definition) is 1. The Labute approximate surface area is 156 Å². The number of morpholine rings is 1. The number of likely N-dealkylation sites (tertiary alicyclic amines) is 1. The van der Waals surface area contributed by atoms with E-state index in [0.717, 1.165) is 71.9 Å². The molecule has 0 aromatic carbocycles. The van der Waals surface area contributed by atoms with Gasteiger partial charge in [0.05, 0.1) is 13.2 Å². The average Bonchev–Trinajstić information content (AvgIpc) is 3.17. The second kappa shape index (κ2) is 9.48. The second-order valence-corrected chi connectivity index (χ2v) is 7.72. The molecule has 1 amide bonds. The van der Waals surface area contributed by atoms with Gasteiger partial charge in [-0.25, -0.2) is 0 Å². The summed E-state index contributed by atoms with van der Waals surface area (Å²) in [5, 5.41) is 7.40. The predicted octanol–water partition coefficient (Wildman–Crippen LogP) is 1.24. The van der Waals surface area contributed by atoms with Gasteiger partial charge in [0, 0.05) is 45.0 Å². The first-order valence-electron chi connectivity index (χ1n) is 9.97. The van der Waals surface area contributed by atoms with E-state index in [-0.39, 0.29) is 11.9 Å². The topological polar surface area (TPSA) is 62.6 Å². The van der Waals surface area contributed by atoms with Gasteiger partial charge in [-0.3, -0.25) is 14.4 Å². The molecule has 146 valence electrons. The molecule has 7 nitrogen and oxygen atoms in total. The Kier molecular flexibility index (Phi) is 7.05. The van der Waals surface area contributed by atoms with Crippen molar-refractivity contribution in [1.29, 1.82) is 0 Å². The van der Waals surface area contributed by atoms with Crippen LogP contribution in [0, 0.1) is 5.92 Å². The Morgan fingerprint density at radius 3 is 2.46 bits per heavy atom. The number of carbonyl (C=O) groups excluding carboxylic acids is 1. The quantitative estimate of drug-likeness (QED) is 0.790. The van der Waals surface area contributed by atoms with E-state index in [2.05, 4.69) is 34.1 Å². The van der Waals surface area contributed by atoms with Crippen molar-refractivity contribution in [3.8, 4) is 0 Å². The SMILES string of the molecule is CC(C)n1ccc(C(=O)NCC2CCN(CCN3CCOCC3)CC2)n1. The molecule has 2 saturated heterocycles. The van der Waals surface area contributed by atoms with Crippen LogP contribution in [0.5, 0.6) is 0 Å². The Balaban J connectivity index is 1.32. The number of rotatable bonds is 7. The number of nitrogens with one attached hydrogen (secondary N) is 1. The lowest BCUT2D eigenvalue weighted by Crippen LogP contribution is -2.44. The van der Waals surface area contributed by atoms with Crippen LogP contribution in [0.15, 0.2) is 12.3 Å². The van der Waals surface area contributed by atoms with Gasteiger partial charge in [0.15, 0.2) is 0 Å². The minimum absolute atomic E-state index is 0.0563. The first kappa shape index (κ1) is 19.3. The van der Waals surface area contributed by atoms with E-state index >= 15 is 0 Å². The normalized spacial score (nSPS) is 20.6. The van der Waals surface area contributed by atoms with Crippen LogP contribution in [-0.4, -0.2) is 84.5 Å². The van der Waals surface area contributed by atoms with Gasteiger partial charge >= 0.3 is 0 Å². The zero-order chi connectivity index (χ0) is 18.4. The van der Waals surface area contributed by atoms with E-state index in [1.54, 1.807) is 6.07 Å². The summed E-state index contributed by atoms with van der Waals surface area (Å²) in [4.78, 5) is 17.3. The van der Waals surface area contributed by atoms with Crippen LogP contribution in [0.4, 0.5) is 0 Å². The van der Waals surface area contributed by atoms with Crippen molar-refractivity contribution in [1.82, 2.24) is 24.9 Å². The number of carbonyl (C=O) groups is 1. The van der Waals surface area contributed by atoms with Gasteiger partial charge in [0.1, 0.15) is 5.69 Å². The number of amides is 1. The molecule has 0 saturated carbocycles. The van der Waals surface area contributed by atoms with E-state index in [1.807, 2.05) is 10.9 Å². The third kappa shape index (κ3) is 5.53. The van der Waals surface area contributed by atoms with Gasteiger partial charge in [0.2, 0.25) is 0 Å². The largest absolute Gasteiger partial charge is 0.379 e. The first-order chi connectivity index (χ1) is 12.6. The number of piperidine rings is 1. The Morgan fingerprint density at radius 1 is 1.19 bits per heavy atom. The standard InChI is InChI=1S/C19H33N5O2/c1-16(2)24-8-5-18(21-24)19(25)20-15-17-3-6-22(7-4-17)9-10-23-11-13-26-14-12-23/h5,8,16-17H,3-4,6-7,9-15H2,1-2H3,(H,20,25). The maximum absolute atomic E-state index is 12.3. The van der Waals surface area contributed by atoms with Crippen molar-refractivity contribution in [3.05, 3.63) is 18.0 Å². The van der Waals surface area contributed by atoms with Crippen molar-refractivity contribution < 1.29 is 9.53 Å². The number of ether oxygens (including phenoxy) is 1. The number of hydrogen-bond acceptors (Lipinski definition) is 5. The number of nitrogens with zero attached hydrogens (tertiary/aromatic N) is 4. The molecule has 2 fully saturated rings. The van der Waals surface area contributed by atoms with E-state index in [1.165, 1.54) is 0 Å². The minimum Gasteiger partial charge on any atom is -0.379 e. The van der Waals surface area contributed by atoms with E-state index in [4.69, 9.17) is 4.74 Å². The molecule has 1 N–H and O–H groups in total. The van der Waals surface area contributed by atoms with Gasteiger partial charge in [-0.2, -0.15) is 5.10 Å². The fourth-order valence-corrected chi connectivity index (χ4v) is 3.60. The third-order valence-corrected chi connectivity index (χ3v) is 5.46. The van der Waals surface area contributed by atoms with Gasteiger partial charge in [-0.1, -0.05) is 0 Å². The van der Waals surface area contributed by atoms with Crippen LogP contribution in [0.2, 0.25) is 0 Å². The Bertz CT molecular complexity index is 560. The molecule has 7 heteroatoms. The maximum Gasteiger partial charge on any atom is 0.271 e. The molecule has 1 aromatic heterocycles. The molecule has 0 bridgehead atoms. The summed E-state index contributed by atoms with van der Waals surface area (Å²) in [6, 6.07) is 2.07. The predicted molar refractivity (Wildman–Crippen MR) is 101 cm³/mol. The van der Waals surface area contributed by atoms with E-state index in [9.17, 15) is 4.79 Å². The minimum atomic E-state index is -0.0563. The van der Waals surface area contributed by atoms with Crippen LogP contribution < -0.4 is 5.32 Å². The Hall–Kier alpha value is -1.44. The molecule has 0 aliphatic carbocycles. The average molecular weight is 364 g/mol. The first-order valence-corrected chi connectivity index (χ1v) is 9.97. The van der Waals surface area contributed by atoms with Crippen molar-refractivity contribution in [3.63, 3.8) is 0 Å². The molecule has 0 atom stereocenters. The number of aromatic nitrogens is 2. The lowest BCUT2D eigenvalue weighted by Gasteiger charge is -2.34. The molecule has 0 unspecified atom stereocenters. The van der Waals surface area contributed by atoms with E-state index in [0.29, 0.717) is 11.6 Å². The summed E-state index contributed by atoms with van der Waals surface area (Å²) in [6.07, 6.45) is 4.18. The molecule has 2 aliphatic rings. The molecule has 2 aliphatic heterocycles. The molecule has 3 heterocycles. The molecule has 0 spiro atoms. The van der Waals surface area contributed by atoms with Gasteiger partial charge < -0.3 is 15.0 Å². The summed E-state index contributed by atoms with van der Waals surface area (Å²) < 4.78 is 7.22. The lowest BCUT2D eigenvalue weighted by molar-refractivity contribution is 0.0314. The fourth-order valence-electron chi connectivity index (χ4n) is 3.60. The van der Waals surface area contributed by atoms with Crippen LogP contribution in [-0.2, 0) is 4.74 Å². The zero-order valence-electron chi connectivity index (χ0n) is 16.2. The summed E-state index contributed by atoms with van der Waals surface area (Å²) in [5.74, 6) is 0.518. The summed E-state index contributed by atoms with van der Waals surface area (Å²) in [7, 11) is 0. The van der Waals surface area contributed by atoms with Crippen LogP contribution in [0.1, 0.15) is 43.2 Å². The van der Waals surface area contributed by atoms with Crippen molar-refractivity contribution in [2.24, 2.45) is 5.92 Å². The molecular weight excluding hydrogens is 330 g/mol. The van der Waals surface area contributed by atoms with Gasteiger partial charge in [-0.15, -0.1) is 0 Å². The van der Waals surface area contributed by atoms with Crippen molar-refractivity contribution in [2.75, 3.05) is 59.0 Å². The lowest BCUT2D eigenvalue weighted by atomic mass is 9.96. The molecule has 0 radical (unpaired) electrons. The smallest absolute Gasteiger partial charge is 0.271 e. The summed E-state index contributed by atoms with van der Waals surface area (Å²) >= 11 is 0. The van der Waals surface area contributed by atoms with Crippen LogP contribution >= 0.6 is 0 Å². The van der Waals surface area contributed by atoms with Crippen LogP contribution in [0.3, 0.4) is 0 Å². The highest BCUT2D eigenvalue weighted by Gasteiger charge is 2.21. The van der Waals surface area contributed by atoms with Crippen molar-refractivity contribution >= 4 is 5.91 Å². The highest BCUT2D eigenvalue weighted by atomic mass is 16.5. The monoisotopic (exact) mass is 363 g/mol. The highest BCUT2D eigenvalue weighted by molar-refractivity contribution is 5.92. The molecular formula is C19H33N5O2. The molecule has 26 heavy (non-hydrogen) atoms. The van der Waals surface area contributed by atoms with Crippen molar-refractivity contribution in [2.45, 2.75) is 32.7 Å². The summed E-state index contributed by atoms with van der Waals surface area (Å²) in [6.45, 7) is 13.3. The summed E-state index contributed by atoms with van der Waals surface area (Å²) in [5.41, 5.74) is 0.515. The molecule has 3 rings (SSSR count). The van der Waals surface area contributed by atoms with E-state index < -0.39 is 0 Å². The third-order valence-electron chi connectivity index (χ3n) is 5.46. The van der Waals surface area contributed by atoms with Gasteiger partial charge in [0.25, 0.3) is 5.91 Å². The zero-order valence-corrected chi connectivity index (χ0v) is 16.2. The fraction of sp³-hybridized carbons (Fsp3) is 0.789. The van der Waals surface area contributed by atoms with Gasteiger partial charge in [-0.05, 0) is 51.8 Å². The molecule has 1 aromatic rings. The van der Waals surface area contributed by atoms with Crippen LogP contribution in [0.25, 0.3) is 0 Å². The highest BCUT2D eigenvalue weighted by Crippen LogP contribution is 2.16.